The number of halogens is 1. The van der Waals surface area contributed by atoms with Crippen LogP contribution in [0.2, 0.25) is 0 Å². The lowest BCUT2D eigenvalue weighted by Crippen LogP contribution is -2.46. The molecule has 0 unspecified atom stereocenters. The van der Waals surface area contributed by atoms with E-state index in [0.717, 1.165) is 43.0 Å². The van der Waals surface area contributed by atoms with E-state index in [2.05, 4.69) is 29.9 Å². The van der Waals surface area contributed by atoms with Crippen LogP contribution in [-0.2, 0) is 6.54 Å². The molecule has 0 N–H and O–H groups in total. The standard InChI is InChI=1S/C18H19FN6O/c1-13-6-14(9-20-8-13)18-22-17(23-26-18)12-24-2-4-25(5-3-24)16-7-15(19)10-21-11-16/h6-11H,2-5,12H2,1H3. The molecule has 4 heterocycles. The van der Waals surface area contributed by atoms with E-state index >= 15 is 0 Å². The summed E-state index contributed by atoms with van der Waals surface area (Å²) in [7, 11) is 0. The number of nitrogens with zero attached hydrogens (tertiary/aromatic N) is 6. The maximum atomic E-state index is 13.3. The molecule has 134 valence electrons. The van der Waals surface area contributed by atoms with Crippen LogP contribution >= 0.6 is 0 Å². The van der Waals surface area contributed by atoms with Gasteiger partial charge in [-0.05, 0) is 18.6 Å². The van der Waals surface area contributed by atoms with E-state index in [-0.39, 0.29) is 5.82 Å². The van der Waals surface area contributed by atoms with Crippen LogP contribution in [0.1, 0.15) is 11.4 Å². The van der Waals surface area contributed by atoms with E-state index < -0.39 is 0 Å². The maximum absolute atomic E-state index is 13.3. The molecule has 0 aromatic carbocycles. The van der Waals surface area contributed by atoms with E-state index in [1.807, 2.05) is 13.0 Å². The molecule has 7 nitrogen and oxygen atoms in total. The molecule has 0 spiro atoms. The van der Waals surface area contributed by atoms with Crippen LogP contribution in [0, 0.1) is 12.7 Å². The van der Waals surface area contributed by atoms with E-state index in [1.165, 1.54) is 12.3 Å². The third-order valence-corrected chi connectivity index (χ3v) is 4.38. The lowest BCUT2D eigenvalue weighted by atomic mass is 10.2. The van der Waals surface area contributed by atoms with Gasteiger partial charge in [0.1, 0.15) is 5.82 Å². The van der Waals surface area contributed by atoms with Crippen molar-refractivity contribution in [2.24, 2.45) is 0 Å². The van der Waals surface area contributed by atoms with Gasteiger partial charge in [0.05, 0.1) is 30.2 Å². The van der Waals surface area contributed by atoms with E-state index in [0.29, 0.717) is 18.3 Å². The molecule has 0 atom stereocenters. The molecule has 3 aromatic heterocycles. The Kier molecular flexibility index (Phi) is 4.57. The molecular weight excluding hydrogens is 335 g/mol. The Morgan fingerprint density at radius 2 is 1.85 bits per heavy atom. The average Bonchev–Trinajstić information content (AvgIpc) is 3.11. The van der Waals surface area contributed by atoms with Crippen molar-refractivity contribution >= 4 is 5.69 Å². The predicted molar refractivity (Wildman–Crippen MR) is 94.0 cm³/mol. The highest BCUT2D eigenvalue weighted by Gasteiger charge is 2.20. The molecule has 1 aliphatic heterocycles. The number of hydrogen-bond donors (Lipinski definition) is 0. The molecule has 0 aliphatic carbocycles. The summed E-state index contributed by atoms with van der Waals surface area (Å²) in [5, 5.41) is 4.08. The summed E-state index contributed by atoms with van der Waals surface area (Å²) in [6.45, 7) is 5.88. The number of anilines is 1. The van der Waals surface area contributed by atoms with Crippen molar-refractivity contribution < 1.29 is 8.91 Å². The molecule has 26 heavy (non-hydrogen) atoms. The quantitative estimate of drug-likeness (QED) is 0.712. The molecule has 0 radical (unpaired) electrons. The first kappa shape index (κ1) is 16.6. The van der Waals surface area contributed by atoms with Crippen LogP contribution < -0.4 is 4.90 Å². The van der Waals surface area contributed by atoms with E-state index in [4.69, 9.17) is 4.52 Å². The summed E-state index contributed by atoms with van der Waals surface area (Å²) in [5.41, 5.74) is 2.69. The summed E-state index contributed by atoms with van der Waals surface area (Å²) in [5.74, 6) is 0.831. The first-order chi connectivity index (χ1) is 12.7. The highest BCUT2D eigenvalue weighted by atomic mass is 19.1. The van der Waals surface area contributed by atoms with Gasteiger partial charge in [-0.25, -0.2) is 4.39 Å². The maximum Gasteiger partial charge on any atom is 0.259 e. The van der Waals surface area contributed by atoms with Crippen molar-refractivity contribution in [1.82, 2.24) is 25.0 Å². The van der Waals surface area contributed by atoms with Crippen LogP contribution in [0.5, 0.6) is 0 Å². The molecule has 4 rings (SSSR count). The van der Waals surface area contributed by atoms with Crippen LogP contribution in [0.4, 0.5) is 10.1 Å². The molecular formula is C18H19FN6O. The normalized spacial score (nSPS) is 15.4. The van der Waals surface area contributed by atoms with E-state index in [1.54, 1.807) is 18.6 Å². The second-order valence-corrected chi connectivity index (χ2v) is 6.39. The van der Waals surface area contributed by atoms with Gasteiger partial charge in [0.15, 0.2) is 5.82 Å². The summed E-state index contributed by atoms with van der Waals surface area (Å²) in [6.07, 6.45) is 6.42. The van der Waals surface area contributed by atoms with Gasteiger partial charge in [-0.15, -0.1) is 0 Å². The Labute approximate surface area is 150 Å². The van der Waals surface area contributed by atoms with Crippen molar-refractivity contribution in [1.29, 1.82) is 0 Å². The number of hydrogen-bond acceptors (Lipinski definition) is 7. The Balaban J connectivity index is 1.36. The summed E-state index contributed by atoms with van der Waals surface area (Å²) < 4.78 is 18.7. The van der Waals surface area contributed by atoms with Gasteiger partial charge in [0, 0.05) is 44.6 Å². The third kappa shape index (κ3) is 3.70. The minimum Gasteiger partial charge on any atom is -0.368 e. The summed E-state index contributed by atoms with van der Waals surface area (Å²) in [4.78, 5) is 16.9. The number of aryl methyl sites for hydroxylation is 1. The van der Waals surface area contributed by atoms with Crippen molar-refractivity contribution in [2.45, 2.75) is 13.5 Å². The largest absolute Gasteiger partial charge is 0.368 e. The minimum atomic E-state index is -0.310. The molecule has 0 bridgehead atoms. The lowest BCUT2D eigenvalue weighted by molar-refractivity contribution is 0.240. The molecule has 0 amide bonds. The van der Waals surface area contributed by atoms with Crippen LogP contribution in [-0.4, -0.2) is 51.2 Å². The first-order valence-corrected chi connectivity index (χ1v) is 8.50. The van der Waals surface area contributed by atoms with Crippen molar-refractivity contribution in [2.75, 3.05) is 31.1 Å². The average molecular weight is 354 g/mol. The Morgan fingerprint density at radius 3 is 2.62 bits per heavy atom. The first-order valence-electron chi connectivity index (χ1n) is 8.50. The predicted octanol–water partition coefficient (Wildman–Crippen LogP) is 2.30. The van der Waals surface area contributed by atoms with Crippen molar-refractivity contribution in [3.63, 3.8) is 0 Å². The number of rotatable bonds is 4. The SMILES string of the molecule is Cc1cncc(-c2nc(CN3CCN(c4cncc(F)c4)CC3)no2)c1. The molecule has 1 aliphatic rings. The zero-order valence-corrected chi connectivity index (χ0v) is 14.5. The Bertz CT molecular complexity index is 891. The molecule has 1 fully saturated rings. The Morgan fingerprint density at radius 1 is 1.04 bits per heavy atom. The van der Waals surface area contributed by atoms with Crippen molar-refractivity contribution in [3.8, 4) is 11.5 Å². The van der Waals surface area contributed by atoms with Gasteiger partial charge in [-0.3, -0.25) is 14.9 Å². The number of piperazine rings is 1. The lowest BCUT2D eigenvalue weighted by Gasteiger charge is -2.35. The van der Waals surface area contributed by atoms with Gasteiger partial charge >= 0.3 is 0 Å². The molecule has 1 saturated heterocycles. The van der Waals surface area contributed by atoms with Gasteiger partial charge in [0.2, 0.25) is 0 Å². The van der Waals surface area contributed by atoms with Gasteiger partial charge in [-0.2, -0.15) is 4.98 Å². The molecule has 0 saturated carbocycles. The van der Waals surface area contributed by atoms with E-state index in [9.17, 15) is 4.39 Å². The second-order valence-electron chi connectivity index (χ2n) is 6.39. The molecule has 8 heteroatoms. The highest BCUT2D eigenvalue weighted by Crippen LogP contribution is 2.19. The molecule has 3 aromatic rings. The summed E-state index contributed by atoms with van der Waals surface area (Å²) in [6, 6.07) is 3.49. The summed E-state index contributed by atoms with van der Waals surface area (Å²) >= 11 is 0. The number of pyridine rings is 2. The van der Waals surface area contributed by atoms with Gasteiger partial charge < -0.3 is 9.42 Å². The smallest absolute Gasteiger partial charge is 0.259 e. The van der Waals surface area contributed by atoms with Gasteiger partial charge in [0.25, 0.3) is 5.89 Å². The van der Waals surface area contributed by atoms with Crippen molar-refractivity contribution in [3.05, 3.63) is 54.1 Å². The zero-order chi connectivity index (χ0) is 17.9. The number of aromatic nitrogens is 4. The fourth-order valence-electron chi connectivity index (χ4n) is 3.05. The topological polar surface area (TPSA) is 71.2 Å². The second kappa shape index (κ2) is 7.17. The fourth-order valence-corrected chi connectivity index (χ4v) is 3.05. The zero-order valence-electron chi connectivity index (χ0n) is 14.5. The minimum absolute atomic E-state index is 0.310. The van der Waals surface area contributed by atoms with Gasteiger partial charge in [-0.1, -0.05) is 5.16 Å². The van der Waals surface area contributed by atoms with Crippen LogP contribution in [0.15, 0.2) is 41.4 Å². The van der Waals surface area contributed by atoms with Crippen LogP contribution in [0.3, 0.4) is 0 Å². The third-order valence-electron chi connectivity index (χ3n) is 4.38. The Hall–Kier alpha value is -2.87. The monoisotopic (exact) mass is 354 g/mol. The fraction of sp³-hybridized carbons (Fsp3) is 0.333. The van der Waals surface area contributed by atoms with Crippen LogP contribution in [0.25, 0.3) is 11.5 Å². The highest BCUT2D eigenvalue weighted by molar-refractivity contribution is 5.51.